The molecule has 1 aromatic heterocycles. The van der Waals surface area contributed by atoms with Gasteiger partial charge >= 0.3 is 0 Å². The van der Waals surface area contributed by atoms with E-state index in [-0.39, 0.29) is 5.04 Å². The van der Waals surface area contributed by atoms with Gasteiger partial charge in [0.1, 0.15) is 5.75 Å². The highest BCUT2D eigenvalue weighted by Gasteiger charge is 2.40. The summed E-state index contributed by atoms with van der Waals surface area (Å²) in [4.78, 5) is 0. The summed E-state index contributed by atoms with van der Waals surface area (Å²) in [5.74, 6) is 1.13. The van der Waals surface area contributed by atoms with Gasteiger partial charge in [0.25, 0.3) is 8.32 Å². The van der Waals surface area contributed by atoms with Gasteiger partial charge in [-0.05, 0) is 49.5 Å². The number of hydrogen-bond acceptors (Lipinski definition) is 1. The first-order valence-corrected chi connectivity index (χ1v) is 10.9. The lowest BCUT2D eigenvalue weighted by molar-refractivity contribution is 0.491. The average Bonchev–Trinajstić information content (AvgIpc) is 2.91. The van der Waals surface area contributed by atoms with Gasteiger partial charge in [-0.3, -0.25) is 0 Å². The third kappa shape index (κ3) is 2.32. The second kappa shape index (κ2) is 4.64. The Kier molecular flexibility index (Phi) is 3.25. The number of benzene rings is 1. The van der Waals surface area contributed by atoms with E-state index >= 15 is 0 Å². The predicted molar refractivity (Wildman–Crippen MR) is 92.8 cm³/mol. The molecule has 0 radical (unpaired) electrons. The number of aromatic nitrogens is 1. The first-order valence-electron chi connectivity index (χ1n) is 8.01. The normalized spacial score (nSPS) is 15.5. The van der Waals surface area contributed by atoms with E-state index in [2.05, 4.69) is 63.6 Å². The Bertz CT molecular complexity index is 691. The van der Waals surface area contributed by atoms with Crippen LogP contribution in [0, 0.1) is 6.92 Å². The Labute approximate surface area is 129 Å². The van der Waals surface area contributed by atoms with Crippen LogP contribution in [0.25, 0.3) is 10.9 Å². The van der Waals surface area contributed by atoms with Crippen molar-refractivity contribution in [3.8, 4) is 5.75 Å². The zero-order chi connectivity index (χ0) is 15.4. The molecule has 0 N–H and O–H groups in total. The maximum Gasteiger partial charge on any atom is 0.250 e. The van der Waals surface area contributed by atoms with Crippen LogP contribution in [-0.4, -0.2) is 12.9 Å². The zero-order valence-corrected chi connectivity index (χ0v) is 15.2. The van der Waals surface area contributed by atoms with Crippen molar-refractivity contribution in [1.82, 2.24) is 4.57 Å². The fourth-order valence-electron chi connectivity index (χ4n) is 2.90. The summed E-state index contributed by atoms with van der Waals surface area (Å²) in [6.07, 6.45) is 2.46. The number of fused-ring (bicyclic) bond motifs is 3. The maximum absolute atomic E-state index is 6.71. The molecule has 3 rings (SSSR count). The lowest BCUT2D eigenvalue weighted by Crippen LogP contribution is -2.44. The number of aryl methyl sites for hydroxylation is 3. The molecular formula is C18H27NOSi. The minimum Gasteiger partial charge on any atom is -0.542 e. The van der Waals surface area contributed by atoms with Crippen molar-refractivity contribution in [1.29, 1.82) is 0 Å². The van der Waals surface area contributed by atoms with Gasteiger partial charge in [0, 0.05) is 17.6 Å². The molecular weight excluding hydrogens is 274 g/mol. The maximum atomic E-state index is 6.71. The first kappa shape index (κ1) is 14.7. The fourth-order valence-corrected chi connectivity index (χ4v) is 3.98. The molecule has 1 aromatic carbocycles. The van der Waals surface area contributed by atoms with E-state index in [1.165, 1.54) is 35.0 Å². The summed E-state index contributed by atoms with van der Waals surface area (Å²) in [6.45, 7) is 14.9. The lowest BCUT2D eigenvalue weighted by Gasteiger charge is -2.37. The van der Waals surface area contributed by atoms with Crippen LogP contribution >= 0.6 is 0 Å². The van der Waals surface area contributed by atoms with Crippen molar-refractivity contribution in [3.05, 3.63) is 29.5 Å². The Hall–Kier alpha value is -1.22. The Balaban J connectivity index is 2.16. The van der Waals surface area contributed by atoms with E-state index in [1.54, 1.807) is 0 Å². The Morgan fingerprint density at radius 1 is 1.19 bits per heavy atom. The zero-order valence-electron chi connectivity index (χ0n) is 14.2. The van der Waals surface area contributed by atoms with E-state index in [1.807, 2.05) is 0 Å². The lowest BCUT2D eigenvalue weighted by atomic mass is 10.1. The Morgan fingerprint density at radius 2 is 1.90 bits per heavy atom. The van der Waals surface area contributed by atoms with Crippen LogP contribution in [0.3, 0.4) is 0 Å². The van der Waals surface area contributed by atoms with Crippen LogP contribution in [0.1, 0.15) is 38.4 Å². The van der Waals surface area contributed by atoms with Crippen LogP contribution in [-0.2, 0) is 13.0 Å². The van der Waals surface area contributed by atoms with Gasteiger partial charge in [-0.25, -0.2) is 0 Å². The molecule has 1 aliphatic rings. The number of hydrogen-bond donors (Lipinski definition) is 0. The van der Waals surface area contributed by atoms with Crippen LogP contribution in [0.15, 0.2) is 18.2 Å². The van der Waals surface area contributed by atoms with Gasteiger partial charge < -0.3 is 8.99 Å². The van der Waals surface area contributed by atoms with Crippen molar-refractivity contribution in [2.45, 2.75) is 65.2 Å². The van der Waals surface area contributed by atoms with Crippen molar-refractivity contribution in [2.24, 2.45) is 0 Å². The van der Waals surface area contributed by atoms with E-state index in [4.69, 9.17) is 4.43 Å². The third-order valence-corrected chi connectivity index (χ3v) is 9.60. The van der Waals surface area contributed by atoms with Gasteiger partial charge in [-0.2, -0.15) is 0 Å². The molecule has 0 spiro atoms. The summed E-state index contributed by atoms with van der Waals surface area (Å²) in [5, 5.41) is 1.56. The minimum absolute atomic E-state index is 0.224. The number of rotatable bonds is 2. The summed E-state index contributed by atoms with van der Waals surface area (Å²) >= 11 is 0. The van der Waals surface area contributed by atoms with Crippen molar-refractivity contribution >= 4 is 19.2 Å². The van der Waals surface area contributed by atoms with Gasteiger partial charge in [-0.15, -0.1) is 0 Å². The summed E-state index contributed by atoms with van der Waals surface area (Å²) in [5.41, 5.74) is 4.06. The van der Waals surface area contributed by atoms with Crippen molar-refractivity contribution in [2.75, 3.05) is 0 Å². The number of nitrogens with zero attached hydrogens (tertiary/aromatic N) is 1. The molecule has 0 atom stereocenters. The highest BCUT2D eigenvalue weighted by Crippen LogP contribution is 2.41. The topological polar surface area (TPSA) is 14.2 Å². The summed E-state index contributed by atoms with van der Waals surface area (Å²) in [6, 6.07) is 6.80. The quantitative estimate of drug-likeness (QED) is 0.688. The molecule has 2 aromatic rings. The van der Waals surface area contributed by atoms with Gasteiger partial charge in [-0.1, -0.05) is 32.9 Å². The third-order valence-electron chi connectivity index (χ3n) is 5.28. The van der Waals surface area contributed by atoms with E-state index in [9.17, 15) is 0 Å². The smallest absolute Gasteiger partial charge is 0.250 e. The second-order valence-corrected chi connectivity index (χ2v) is 12.6. The molecule has 0 aliphatic carbocycles. The molecule has 0 saturated heterocycles. The highest BCUT2D eigenvalue weighted by atomic mass is 28.4. The van der Waals surface area contributed by atoms with E-state index in [0.717, 1.165) is 12.3 Å². The molecule has 0 fully saturated rings. The molecule has 1 aliphatic heterocycles. The van der Waals surface area contributed by atoms with Crippen LogP contribution in [0.4, 0.5) is 0 Å². The van der Waals surface area contributed by atoms with Gasteiger partial charge in [0.05, 0.1) is 5.52 Å². The second-order valence-electron chi connectivity index (χ2n) is 7.90. The molecule has 2 nitrogen and oxygen atoms in total. The van der Waals surface area contributed by atoms with Crippen molar-refractivity contribution < 1.29 is 4.43 Å². The standard InChI is InChI=1S/C18H27NOSi/c1-13-9-10-14-12-15-8-7-11-19(15)16(14)17(13)20-21(5,6)18(2,3)4/h9-10,12H,7-8,11H2,1-6H3. The molecule has 0 unspecified atom stereocenters. The van der Waals surface area contributed by atoms with Crippen LogP contribution in [0.5, 0.6) is 5.75 Å². The minimum atomic E-state index is -1.81. The Morgan fingerprint density at radius 3 is 2.57 bits per heavy atom. The molecule has 0 bridgehead atoms. The summed E-state index contributed by atoms with van der Waals surface area (Å²) < 4.78 is 9.19. The molecule has 3 heteroatoms. The van der Waals surface area contributed by atoms with Crippen LogP contribution < -0.4 is 4.43 Å². The molecule has 114 valence electrons. The van der Waals surface area contributed by atoms with E-state index < -0.39 is 8.32 Å². The predicted octanol–water partition coefficient (Wildman–Crippen LogP) is 5.28. The average molecular weight is 302 g/mol. The highest BCUT2D eigenvalue weighted by molar-refractivity contribution is 6.74. The van der Waals surface area contributed by atoms with Gasteiger partial charge in [0.2, 0.25) is 0 Å². The SMILES string of the molecule is Cc1ccc2cc3n(c2c1O[Si](C)(C)C(C)(C)C)CCC3. The van der Waals surface area contributed by atoms with Crippen molar-refractivity contribution in [3.63, 3.8) is 0 Å². The monoisotopic (exact) mass is 301 g/mol. The largest absolute Gasteiger partial charge is 0.542 e. The molecule has 0 amide bonds. The summed E-state index contributed by atoms with van der Waals surface area (Å²) in [7, 11) is -1.81. The molecule has 21 heavy (non-hydrogen) atoms. The van der Waals surface area contributed by atoms with Gasteiger partial charge in [0.15, 0.2) is 0 Å². The molecule has 2 heterocycles. The van der Waals surface area contributed by atoms with E-state index in [0.29, 0.717) is 0 Å². The van der Waals surface area contributed by atoms with Crippen LogP contribution in [0.2, 0.25) is 18.1 Å². The fraction of sp³-hybridized carbons (Fsp3) is 0.556. The molecule has 0 saturated carbocycles. The first-order chi connectivity index (χ1) is 9.71.